The lowest BCUT2D eigenvalue weighted by molar-refractivity contribution is -0.686. The van der Waals surface area contributed by atoms with Crippen molar-refractivity contribution in [3.63, 3.8) is 0 Å². The highest BCUT2D eigenvalue weighted by atomic mass is 31.2. The highest BCUT2D eigenvalue weighted by molar-refractivity contribution is 7.43. The third kappa shape index (κ3) is 10.7. The van der Waals surface area contributed by atoms with Crippen molar-refractivity contribution in [3.8, 4) is 0 Å². The SMILES string of the molecule is Cc1ccc(COC(Cn2cc[n+](CC=Cc3ccccc3)c2)c2ccccc2C(C)C)cc1C.O=P([O-])(O)O. The van der Waals surface area contributed by atoms with E-state index in [-0.39, 0.29) is 6.10 Å². The van der Waals surface area contributed by atoms with Gasteiger partial charge in [-0.1, -0.05) is 92.7 Å². The maximum Gasteiger partial charge on any atom is 0.262 e. The molecule has 0 spiro atoms. The standard InChI is InChI=1S/C32H37N2O.H3O4P/c1-25(2)30-14-8-9-15-31(30)32(35-23-29-17-16-26(3)27(4)21-29)22-34-20-19-33(24-34)18-10-13-28-11-6-5-7-12-28;1-5(2,3)4/h5-17,19-21,24-25,32H,18,22-23H2,1-4H3;(H3,1,2,3,4)/q+1;/p-1. The van der Waals surface area contributed by atoms with Gasteiger partial charge >= 0.3 is 0 Å². The van der Waals surface area contributed by atoms with Gasteiger partial charge in [-0.25, -0.2) is 9.13 Å². The molecule has 0 saturated heterocycles. The average molecular weight is 563 g/mol. The molecule has 0 fully saturated rings. The molecule has 0 amide bonds. The predicted molar refractivity (Wildman–Crippen MR) is 156 cm³/mol. The van der Waals surface area contributed by atoms with Gasteiger partial charge < -0.3 is 19.4 Å². The molecule has 212 valence electrons. The number of benzene rings is 3. The summed E-state index contributed by atoms with van der Waals surface area (Å²) in [6.45, 7) is 11.0. The summed E-state index contributed by atoms with van der Waals surface area (Å²) in [5.41, 5.74) is 7.68. The molecular formula is C32H39N2O5P. The van der Waals surface area contributed by atoms with Crippen LogP contribution in [0.2, 0.25) is 0 Å². The third-order valence-corrected chi connectivity index (χ3v) is 6.54. The lowest BCUT2D eigenvalue weighted by Gasteiger charge is -2.22. The summed E-state index contributed by atoms with van der Waals surface area (Å²) >= 11 is 0. The van der Waals surface area contributed by atoms with Gasteiger partial charge in [0.25, 0.3) is 7.82 Å². The molecule has 0 bridgehead atoms. The summed E-state index contributed by atoms with van der Waals surface area (Å²) in [5, 5.41) is 0. The monoisotopic (exact) mass is 562 g/mol. The summed E-state index contributed by atoms with van der Waals surface area (Å²) in [6, 6.07) is 25.7. The Kier molecular flexibility index (Phi) is 11.6. The summed E-state index contributed by atoms with van der Waals surface area (Å²) in [5.74, 6) is 0.441. The molecule has 0 saturated carbocycles. The first kappa shape index (κ1) is 31.2. The minimum Gasteiger partial charge on any atom is -0.756 e. The summed E-state index contributed by atoms with van der Waals surface area (Å²) in [4.78, 5) is 22.9. The molecule has 0 radical (unpaired) electrons. The minimum atomic E-state index is -4.89. The van der Waals surface area contributed by atoms with E-state index in [1.165, 1.54) is 33.4 Å². The third-order valence-electron chi connectivity index (χ3n) is 6.54. The number of imidazole rings is 1. The number of ether oxygens (including phenoxy) is 1. The van der Waals surface area contributed by atoms with Crippen LogP contribution in [0, 0.1) is 13.8 Å². The highest BCUT2D eigenvalue weighted by Gasteiger charge is 2.21. The molecule has 0 aliphatic carbocycles. The Balaban J connectivity index is 0.000000810. The Labute approximate surface area is 237 Å². The van der Waals surface area contributed by atoms with E-state index in [1.54, 1.807) is 0 Å². The van der Waals surface area contributed by atoms with Crippen molar-refractivity contribution >= 4 is 13.9 Å². The average Bonchev–Trinajstić information content (AvgIpc) is 3.35. The number of nitrogens with zero attached hydrogens (tertiary/aromatic N) is 2. The number of rotatable bonds is 10. The van der Waals surface area contributed by atoms with Crippen molar-refractivity contribution in [1.29, 1.82) is 0 Å². The summed E-state index contributed by atoms with van der Waals surface area (Å²) in [7, 11) is -4.89. The zero-order valence-electron chi connectivity index (χ0n) is 23.6. The summed E-state index contributed by atoms with van der Waals surface area (Å²) in [6.07, 6.45) is 10.8. The zero-order chi connectivity index (χ0) is 29.1. The Morgan fingerprint density at radius 3 is 2.27 bits per heavy atom. The van der Waals surface area contributed by atoms with Crippen molar-refractivity contribution in [2.45, 2.75) is 59.4 Å². The van der Waals surface area contributed by atoms with E-state index in [0.717, 1.165) is 13.1 Å². The zero-order valence-corrected chi connectivity index (χ0v) is 24.4. The lowest BCUT2D eigenvalue weighted by atomic mass is 9.94. The van der Waals surface area contributed by atoms with Crippen molar-refractivity contribution in [2.24, 2.45) is 0 Å². The van der Waals surface area contributed by atoms with Gasteiger partial charge in [0.05, 0.1) is 6.61 Å². The largest absolute Gasteiger partial charge is 0.756 e. The van der Waals surface area contributed by atoms with E-state index in [9.17, 15) is 0 Å². The molecule has 1 aromatic heterocycles. The van der Waals surface area contributed by atoms with Gasteiger partial charge in [0.1, 0.15) is 31.6 Å². The van der Waals surface area contributed by atoms with E-state index in [2.05, 4.69) is 134 Å². The van der Waals surface area contributed by atoms with Gasteiger partial charge in [0.15, 0.2) is 0 Å². The van der Waals surface area contributed by atoms with Crippen LogP contribution in [-0.4, -0.2) is 14.4 Å². The van der Waals surface area contributed by atoms with Crippen molar-refractivity contribution < 1.29 is 28.5 Å². The molecule has 4 rings (SSSR count). The topological polar surface area (TPSA) is 98.6 Å². The number of allylic oxidation sites excluding steroid dienone is 1. The molecule has 8 heteroatoms. The molecule has 4 aromatic rings. The van der Waals surface area contributed by atoms with Gasteiger partial charge in [-0.3, -0.25) is 4.57 Å². The van der Waals surface area contributed by atoms with Crippen LogP contribution in [0.3, 0.4) is 0 Å². The second kappa shape index (κ2) is 14.9. The lowest BCUT2D eigenvalue weighted by Crippen LogP contribution is -2.30. The Bertz CT molecular complexity index is 1420. The maximum absolute atomic E-state index is 8.77. The van der Waals surface area contributed by atoms with Crippen molar-refractivity contribution in [2.75, 3.05) is 0 Å². The van der Waals surface area contributed by atoms with Crippen LogP contribution in [-0.2, 0) is 29.0 Å². The second-order valence-electron chi connectivity index (χ2n) is 10.1. The van der Waals surface area contributed by atoms with Crippen LogP contribution in [0.25, 0.3) is 6.08 Å². The molecule has 1 unspecified atom stereocenters. The van der Waals surface area contributed by atoms with Gasteiger partial charge in [0, 0.05) is 0 Å². The van der Waals surface area contributed by atoms with E-state index < -0.39 is 7.82 Å². The Morgan fingerprint density at radius 1 is 0.975 bits per heavy atom. The molecule has 0 aliphatic heterocycles. The highest BCUT2D eigenvalue weighted by Crippen LogP contribution is 2.29. The number of aromatic nitrogens is 2. The fourth-order valence-corrected chi connectivity index (χ4v) is 4.38. The van der Waals surface area contributed by atoms with Crippen molar-refractivity contribution in [1.82, 2.24) is 4.57 Å². The number of phosphoric acid groups is 1. The van der Waals surface area contributed by atoms with Crippen LogP contribution in [0.4, 0.5) is 0 Å². The first-order valence-corrected chi connectivity index (χ1v) is 14.8. The quantitative estimate of drug-likeness (QED) is 0.193. The number of hydrogen-bond donors (Lipinski definition) is 2. The van der Waals surface area contributed by atoms with Gasteiger partial charge in [0.2, 0.25) is 6.33 Å². The predicted octanol–water partition coefficient (Wildman–Crippen LogP) is 5.63. The number of hydrogen-bond acceptors (Lipinski definition) is 3. The molecule has 0 aliphatic rings. The van der Waals surface area contributed by atoms with E-state index in [4.69, 9.17) is 24.0 Å². The molecule has 7 nitrogen and oxygen atoms in total. The Hall–Kier alpha value is -3.32. The van der Waals surface area contributed by atoms with Crippen LogP contribution in [0.5, 0.6) is 0 Å². The van der Waals surface area contributed by atoms with Crippen LogP contribution in [0.1, 0.15) is 59.3 Å². The normalized spacial score (nSPS) is 12.4. The fraction of sp³-hybridized carbons (Fsp3) is 0.281. The molecule has 40 heavy (non-hydrogen) atoms. The second-order valence-corrected chi connectivity index (χ2v) is 11.1. The summed E-state index contributed by atoms with van der Waals surface area (Å²) < 4.78 is 19.8. The van der Waals surface area contributed by atoms with E-state index in [1.807, 2.05) is 6.07 Å². The van der Waals surface area contributed by atoms with E-state index >= 15 is 0 Å². The number of aryl methyl sites for hydroxylation is 2. The van der Waals surface area contributed by atoms with Crippen LogP contribution < -0.4 is 9.46 Å². The molecular weight excluding hydrogens is 523 g/mol. The molecule has 1 heterocycles. The van der Waals surface area contributed by atoms with Gasteiger partial charge in [-0.05, 0) is 59.2 Å². The van der Waals surface area contributed by atoms with E-state index in [0.29, 0.717) is 12.5 Å². The first-order chi connectivity index (χ1) is 19.0. The molecule has 1 atom stereocenters. The molecule has 3 aromatic carbocycles. The first-order valence-electron chi connectivity index (χ1n) is 13.3. The van der Waals surface area contributed by atoms with Crippen LogP contribution >= 0.6 is 7.82 Å². The smallest absolute Gasteiger partial charge is 0.262 e. The van der Waals surface area contributed by atoms with Crippen molar-refractivity contribution in [3.05, 3.63) is 131 Å². The molecule has 2 N–H and O–H groups in total. The Morgan fingerprint density at radius 2 is 1.62 bits per heavy atom. The van der Waals surface area contributed by atoms with Gasteiger partial charge in [-0.15, -0.1) is 0 Å². The van der Waals surface area contributed by atoms with Gasteiger partial charge in [-0.2, -0.15) is 0 Å². The fourth-order valence-electron chi connectivity index (χ4n) is 4.38. The van der Waals surface area contributed by atoms with Crippen LogP contribution in [0.15, 0.2) is 97.6 Å². The maximum atomic E-state index is 8.77. The minimum absolute atomic E-state index is 0.0316.